The third-order valence-electron chi connectivity index (χ3n) is 22.6. The minimum absolute atomic E-state index is 0. The SMILES string of the molecule is CC(O)CC(C)O.CC(O)CC(C)O.CC(O)CC(C)O.Cc1cnc(-c2[c-]cc3c(c2)C(C)(C)c2cc(-c4ccc5ccccc5c4)ccc2-3)c(C)n1.Cc1cnc(-c2[c-]cc3c(c2)C(C)(C)c2cc(-c4cccc5ccccc45)ccc2-3)c(C)n1.Cc1cnc(-c2[c-]cc3c(c2)C2C=CC(c4ccccc4)=CC2C3(C)C)c(C)n1.[Ir].[Ir].[Ir]. The van der Waals surface area contributed by atoms with Crippen LogP contribution < -0.4 is 0 Å². The first-order valence-electron chi connectivity index (χ1n) is 40.6. The van der Waals surface area contributed by atoms with Gasteiger partial charge in [0.25, 0.3) is 0 Å². The number of aliphatic hydroxyl groups excluding tert-OH is 6. The zero-order chi connectivity index (χ0) is 83.2. The number of benzene rings is 10. The summed E-state index contributed by atoms with van der Waals surface area (Å²) < 4.78 is 0. The summed E-state index contributed by atoms with van der Waals surface area (Å²) in [5.41, 5.74) is 32.2. The van der Waals surface area contributed by atoms with Crippen LogP contribution in [0.4, 0.5) is 0 Å². The Kier molecular flexibility index (Phi) is 31.8. The van der Waals surface area contributed by atoms with Crippen molar-refractivity contribution in [2.75, 3.05) is 0 Å². The molecule has 0 saturated carbocycles. The van der Waals surface area contributed by atoms with E-state index >= 15 is 0 Å². The molecule has 0 fully saturated rings. The smallest absolute Gasteiger partial charge is 0.0539 e. The molecule has 17 rings (SSSR count). The van der Waals surface area contributed by atoms with E-state index in [-0.39, 0.29) is 113 Å². The maximum absolute atomic E-state index is 8.56. The summed E-state index contributed by atoms with van der Waals surface area (Å²) in [5.74, 6) is 0.825. The molecule has 8 unspecified atom stereocenters. The van der Waals surface area contributed by atoms with Gasteiger partial charge in [0, 0.05) is 113 Å². The molecule has 15 heteroatoms. The van der Waals surface area contributed by atoms with Crippen LogP contribution in [0.2, 0.25) is 0 Å². The van der Waals surface area contributed by atoms with Gasteiger partial charge >= 0.3 is 0 Å². The maximum atomic E-state index is 8.56. The molecule has 8 atom stereocenters. The third-order valence-corrected chi connectivity index (χ3v) is 22.6. The molecule has 0 bridgehead atoms. The number of hydrogen-bond acceptors (Lipinski definition) is 12. The average molecular weight is 2120 g/mol. The fourth-order valence-electron chi connectivity index (χ4n) is 17.0. The standard InChI is InChI=1S/2C31H25N2.C27H25N2.3C5H12O2.3Ir/c1-19-18-32-30(20(2)33-19)23-13-15-27-26-14-12-22(16-28(26)31(3,4)29(27)17-23)25-11-7-9-21-8-5-6-10-24(21)25;1-19-18-32-30(20(2)33-19)25-12-14-27-26-13-11-24(16-28(26)31(3,4)29(27)17-25)23-10-9-21-7-5-6-8-22(21)15-23;1-17-16-28-26(18(2)29-17)21-11-13-24-23(14-21)22-12-10-20(15-25(22)27(24,3)4)19-8-6-5-7-9-19;3*1-4(6)3-5(2)7;;;/h5-12,14-18H,1-4H3;5-11,13-18H,1-4H3;5-10,12-16,22,25H,1-4H3;3*4-7H,3H2,1-2H3;;;/q3*-1;;;;;;. The van der Waals surface area contributed by atoms with Crippen LogP contribution in [0, 0.1) is 65.7 Å². The van der Waals surface area contributed by atoms with Gasteiger partial charge in [-0.3, -0.25) is 15.0 Å². The van der Waals surface area contributed by atoms with Crippen molar-refractivity contribution in [2.45, 2.75) is 203 Å². The molecule has 3 heterocycles. The second kappa shape index (κ2) is 40.2. The number of nitrogens with zero attached hydrogens (tertiary/aromatic N) is 6. The zero-order valence-electron chi connectivity index (χ0n) is 71.5. The van der Waals surface area contributed by atoms with Crippen molar-refractivity contribution in [1.82, 2.24) is 29.9 Å². The van der Waals surface area contributed by atoms with Crippen molar-refractivity contribution in [3.8, 4) is 78.3 Å². The molecule has 4 aliphatic carbocycles. The van der Waals surface area contributed by atoms with Gasteiger partial charge in [0.1, 0.15) is 0 Å². The Labute approximate surface area is 745 Å². The van der Waals surface area contributed by atoms with E-state index in [1.165, 1.54) is 111 Å². The Morgan fingerprint density at radius 2 is 0.756 bits per heavy atom. The molecule has 0 aliphatic heterocycles. The van der Waals surface area contributed by atoms with Gasteiger partial charge in [-0.05, 0) is 203 Å². The van der Waals surface area contributed by atoms with E-state index in [1.54, 1.807) is 41.5 Å². The summed E-state index contributed by atoms with van der Waals surface area (Å²) >= 11 is 0. The third kappa shape index (κ3) is 21.5. The van der Waals surface area contributed by atoms with Crippen LogP contribution >= 0.6 is 0 Å². The normalized spacial score (nSPS) is 16.2. The first-order chi connectivity index (χ1) is 55.2. The Hall–Kier alpha value is -8.85. The van der Waals surface area contributed by atoms with Crippen LogP contribution in [-0.4, -0.2) is 97.2 Å². The average Bonchev–Trinajstić information content (AvgIpc) is 1.59. The van der Waals surface area contributed by atoms with Crippen LogP contribution in [0.25, 0.3) is 105 Å². The van der Waals surface area contributed by atoms with E-state index in [0.717, 1.165) is 67.9 Å². The Morgan fingerprint density at radius 3 is 1.23 bits per heavy atom. The Bertz CT molecular complexity index is 5710. The summed E-state index contributed by atoms with van der Waals surface area (Å²) in [6.45, 7) is 36.0. The predicted octanol–water partition coefficient (Wildman–Crippen LogP) is 22.0. The van der Waals surface area contributed by atoms with Gasteiger partial charge in [-0.1, -0.05) is 228 Å². The summed E-state index contributed by atoms with van der Waals surface area (Å²) in [5, 5.41) is 56.5. The Balaban J connectivity index is 0.000000179. The molecule has 12 nitrogen and oxygen atoms in total. The van der Waals surface area contributed by atoms with Crippen LogP contribution in [0.5, 0.6) is 0 Å². The van der Waals surface area contributed by atoms with Gasteiger partial charge in [-0.15, -0.1) is 93.5 Å². The van der Waals surface area contributed by atoms with Crippen LogP contribution in [0.15, 0.2) is 225 Å². The number of aromatic nitrogens is 6. The molecule has 119 heavy (non-hydrogen) atoms. The number of rotatable bonds is 12. The molecule has 0 amide bonds. The summed E-state index contributed by atoms with van der Waals surface area (Å²) in [6, 6.07) is 78.7. The van der Waals surface area contributed by atoms with E-state index in [0.29, 0.717) is 31.1 Å². The Morgan fingerprint density at radius 1 is 0.361 bits per heavy atom. The largest absolute Gasteiger partial charge is 0.393 e. The molecule has 6 N–H and O–H groups in total. The monoisotopic (exact) mass is 2120 g/mol. The molecule has 13 aromatic rings. The first kappa shape index (κ1) is 94.0. The van der Waals surface area contributed by atoms with Crippen LogP contribution in [-0.2, 0) is 76.6 Å². The molecule has 0 saturated heterocycles. The molecule has 10 aromatic carbocycles. The molecule has 4 aliphatic rings. The predicted molar refractivity (Wildman–Crippen MR) is 475 cm³/mol. The second-order valence-corrected chi connectivity index (χ2v) is 33.7. The maximum Gasteiger partial charge on any atom is 0.0539 e. The van der Waals surface area contributed by atoms with E-state index in [4.69, 9.17) is 30.6 Å². The molecule has 623 valence electrons. The minimum Gasteiger partial charge on any atom is -0.393 e. The summed E-state index contributed by atoms with van der Waals surface area (Å²) in [6.07, 6.45) is 11.8. The van der Waals surface area contributed by atoms with Crippen molar-refractivity contribution >= 4 is 27.1 Å². The fourth-order valence-corrected chi connectivity index (χ4v) is 17.0. The molecular formula is C104H111Ir3N6O6-3. The van der Waals surface area contributed by atoms with Crippen LogP contribution in [0.3, 0.4) is 0 Å². The number of aliphatic hydroxyl groups is 6. The van der Waals surface area contributed by atoms with Crippen molar-refractivity contribution in [3.63, 3.8) is 0 Å². The summed E-state index contributed by atoms with van der Waals surface area (Å²) in [7, 11) is 0. The van der Waals surface area contributed by atoms with E-state index in [9.17, 15) is 0 Å². The first-order valence-corrected chi connectivity index (χ1v) is 40.6. The van der Waals surface area contributed by atoms with E-state index < -0.39 is 0 Å². The topological polar surface area (TPSA) is 199 Å². The van der Waals surface area contributed by atoms with Crippen molar-refractivity contribution in [1.29, 1.82) is 0 Å². The van der Waals surface area contributed by atoms with Gasteiger partial charge in [0.15, 0.2) is 0 Å². The van der Waals surface area contributed by atoms with Gasteiger partial charge in [-0.25, -0.2) is 0 Å². The molecule has 3 aromatic heterocycles. The quantitative estimate of drug-likeness (QED) is 0.0634. The zero-order valence-corrected chi connectivity index (χ0v) is 78.7. The fraction of sp³-hybridized carbons (Fsp3) is 0.308. The van der Waals surface area contributed by atoms with Crippen molar-refractivity contribution in [3.05, 3.63) is 316 Å². The van der Waals surface area contributed by atoms with Crippen LogP contribution in [0.1, 0.15) is 181 Å². The number of hydrogen-bond donors (Lipinski definition) is 6. The number of allylic oxidation sites excluding steroid dienone is 4. The minimum atomic E-state index is -0.375. The molecule has 0 spiro atoms. The van der Waals surface area contributed by atoms with Gasteiger partial charge in [0.05, 0.1) is 53.7 Å². The molecular weight excluding hydrogens is 2010 g/mol. The van der Waals surface area contributed by atoms with Crippen molar-refractivity contribution in [2.24, 2.45) is 5.92 Å². The molecule has 3 radical (unpaired) electrons. The number of aryl methyl sites for hydroxylation is 6. The van der Waals surface area contributed by atoms with Crippen molar-refractivity contribution < 1.29 is 91.0 Å². The summed E-state index contributed by atoms with van der Waals surface area (Å²) in [4.78, 5) is 27.8. The van der Waals surface area contributed by atoms with E-state index in [2.05, 4.69) is 296 Å². The van der Waals surface area contributed by atoms with Gasteiger partial charge in [0.2, 0.25) is 0 Å². The number of fused-ring (bicyclic) bond motifs is 11. The van der Waals surface area contributed by atoms with Gasteiger partial charge < -0.3 is 45.6 Å². The second-order valence-electron chi connectivity index (χ2n) is 33.7. The van der Waals surface area contributed by atoms with E-state index in [1.807, 2.05) is 60.1 Å². The van der Waals surface area contributed by atoms with Gasteiger partial charge in [-0.2, -0.15) is 0 Å².